The standard InChI is InChI=1S/C25H28BrFN4O3/c1-17-13-18(5-7-22(17)27)25(32)29-19-6-8-23(20(14-19)24-21(26)15-28-30(24)2)34-12-10-31-9-3-4-11-33-16-31/h5-8,13-15H,3-4,9-12,16H2,1-2H3,(H,29,32). The summed E-state index contributed by atoms with van der Waals surface area (Å²) in [6.45, 7) is 5.32. The van der Waals surface area contributed by atoms with Gasteiger partial charge in [0.05, 0.1) is 23.1 Å². The molecule has 180 valence electrons. The number of anilines is 1. The normalized spacial score (nSPS) is 14.6. The third-order valence-corrected chi connectivity index (χ3v) is 6.34. The van der Waals surface area contributed by atoms with Crippen molar-refractivity contribution in [2.75, 3.05) is 38.4 Å². The molecule has 0 aliphatic carbocycles. The van der Waals surface area contributed by atoms with Crippen LogP contribution in [0.4, 0.5) is 10.1 Å². The summed E-state index contributed by atoms with van der Waals surface area (Å²) >= 11 is 3.57. The second kappa shape index (κ2) is 11.1. The van der Waals surface area contributed by atoms with Crippen molar-refractivity contribution in [3.8, 4) is 17.0 Å². The Morgan fingerprint density at radius 1 is 1.26 bits per heavy atom. The molecule has 1 saturated heterocycles. The Bertz CT molecular complexity index is 1140. The molecule has 3 aromatic rings. The molecule has 0 unspecified atom stereocenters. The van der Waals surface area contributed by atoms with Crippen molar-refractivity contribution in [1.82, 2.24) is 14.7 Å². The van der Waals surface area contributed by atoms with Crippen LogP contribution in [-0.2, 0) is 11.8 Å². The van der Waals surface area contributed by atoms with E-state index in [9.17, 15) is 9.18 Å². The number of halogens is 2. The molecule has 34 heavy (non-hydrogen) atoms. The maximum Gasteiger partial charge on any atom is 0.255 e. The van der Waals surface area contributed by atoms with Gasteiger partial charge in [-0.25, -0.2) is 4.39 Å². The molecule has 4 rings (SSSR count). The third kappa shape index (κ3) is 5.84. The van der Waals surface area contributed by atoms with E-state index >= 15 is 0 Å². The average Bonchev–Trinajstić information content (AvgIpc) is 3.00. The molecule has 7 nitrogen and oxygen atoms in total. The van der Waals surface area contributed by atoms with Crippen molar-refractivity contribution in [1.29, 1.82) is 0 Å². The highest BCUT2D eigenvalue weighted by Gasteiger charge is 2.17. The predicted octanol–water partition coefficient (Wildman–Crippen LogP) is 5.00. The van der Waals surface area contributed by atoms with Gasteiger partial charge in [0.15, 0.2) is 0 Å². The van der Waals surface area contributed by atoms with Gasteiger partial charge < -0.3 is 14.8 Å². The summed E-state index contributed by atoms with van der Waals surface area (Å²) < 4.78 is 28.0. The van der Waals surface area contributed by atoms with Crippen LogP contribution in [0.3, 0.4) is 0 Å². The number of benzene rings is 2. The molecule has 9 heteroatoms. The molecule has 1 aliphatic rings. The molecule has 1 aromatic heterocycles. The van der Waals surface area contributed by atoms with Gasteiger partial charge in [0, 0.05) is 43.6 Å². The summed E-state index contributed by atoms with van der Waals surface area (Å²) in [5, 5.41) is 7.22. The molecule has 0 saturated carbocycles. The highest BCUT2D eigenvalue weighted by molar-refractivity contribution is 9.10. The molecule has 1 aliphatic heterocycles. The molecule has 0 bridgehead atoms. The third-order valence-electron chi connectivity index (χ3n) is 5.76. The summed E-state index contributed by atoms with van der Waals surface area (Å²) in [6.07, 6.45) is 3.93. The Hall–Kier alpha value is -2.75. The smallest absolute Gasteiger partial charge is 0.255 e. The zero-order valence-corrected chi connectivity index (χ0v) is 20.9. The number of nitrogens with one attached hydrogen (secondary N) is 1. The van der Waals surface area contributed by atoms with E-state index in [-0.39, 0.29) is 11.7 Å². The van der Waals surface area contributed by atoms with Crippen LogP contribution in [0.1, 0.15) is 28.8 Å². The number of aromatic nitrogens is 2. The van der Waals surface area contributed by atoms with Crippen LogP contribution in [0.15, 0.2) is 47.1 Å². The highest BCUT2D eigenvalue weighted by Crippen LogP contribution is 2.37. The fourth-order valence-corrected chi connectivity index (χ4v) is 4.44. The molecule has 2 aromatic carbocycles. The number of carbonyl (C=O) groups is 1. The Labute approximate surface area is 207 Å². The van der Waals surface area contributed by atoms with Gasteiger partial charge in [-0.15, -0.1) is 0 Å². The number of ether oxygens (including phenoxy) is 2. The second-order valence-corrected chi connectivity index (χ2v) is 9.16. The Kier molecular flexibility index (Phi) is 7.97. The van der Waals surface area contributed by atoms with Crippen LogP contribution >= 0.6 is 15.9 Å². The summed E-state index contributed by atoms with van der Waals surface area (Å²) in [5.41, 5.74) is 3.05. The minimum Gasteiger partial charge on any atom is -0.492 e. The lowest BCUT2D eigenvalue weighted by Gasteiger charge is -2.20. The Balaban J connectivity index is 1.54. The fraction of sp³-hybridized carbons (Fsp3) is 0.360. The van der Waals surface area contributed by atoms with E-state index in [4.69, 9.17) is 9.47 Å². The first-order chi connectivity index (χ1) is 16.4. The predicted molar refractivity (Wildman–Crippen MR) is 133 cm³/mol. The summed E-state index contributed by atoms with van der Waals surface area (Å²) in [7, 11) is 1.85. The van der Waals surface area contributed by atoms with Gasteiger partial charge in [-0.05, 0) is 77.7 Å². The van der Waals surface area contributed by atoms with Crippen molar-refractivity contribution >= 4 is 27.5 Å². The molecular weight excluding hydrogens is 503 g/mol. The summed E-state index contributed by atoms with van der Waals surface area (Å²) in [6, 6.07) is 9.81. The van der Waals surface area contributed by atoms with Crippen molar-refractivity contribution in [3.05, 3.63) is 64.0 Å². The summed E-state index contributed by atoms with van der Waals surface area (Å²) in [5.74, 6) is 0.0387. The first kappa shape index (κ1) is 24.4. The van der Waals surface area contributed by atoms with Gasteiger partial charge in [0.1, 0.15) is 18.2 Å². The lowest BCUT2D eigenvalue weighted by Crippen LogP contribution is -2.30. The monoisotopic (exact) mass is 530 g/mol. The lowest BCUT2D eigenvalue weighted by molar-refractivity contribution is 0.0428. The van der Waals surface area contributed by atoms with E-state index < -0.39 is 0 Å². The van der Waals surface area contributed by atoms with Gasteiger partial charge in [0.2, 0.25) is 0 Å². The van der Waals surface area contributed by atoms with E-state index in [2.05, 4.69) is 31.2 Å². The molecular formula is C25H28BrFN4O3. The first-order valence-electron chi connectivity index (χ1n) is 11.2. The van der Waals surface area contributed by atoms with E-state index in [1.54, 1.807) is 23.9 Å². The average molecular weight is 531 g/mol. The number of nitrogens with zero attached hydrogens (tertiary/aromatic N) is 3. The minimum atomic E-state index is -0.340. The van der Waals surface area contributed by atoms with Crippen LogP contribution in [0.25, 0.3) is 11.3 Å². The van der Waals surface area contributed by atoms with Crippen molar-refractivity contribution in [2.24, 2.45) is 7.05 Å². The van der Waals surface area contributed by atoms with Crippen LogP contribution in [0.2, 0.25) is 0 Å². The highest BCUT2D eigenvalue weighted by atomic mass is 79.9. The molecule has 0 atom stereocenters. The second-order valence-electron chi connectivity index (χ2n) is 8.30. The first-order valence-corrected chi connectivity index (χ1v) is 12.0. The minimum absolute atomic E-state index is 0.312. The molecule has 1 N–H and O–H groups in total. The Morgan fingerprint density at radius 3 is 2.88 bits per heavy atom. The van der Waals surface area contributed by atoms with E-state index in [1.807, 2.05) is 19.2 Å². The van der Waals surface area contributed by atoms with Crippen LogP contribution in [0, 0.1) is 12.7 Å². The molecule has 1 fully saturated rings. The number of rotatable bonds is 7. The lowest BCUT2D eigenvalue weighted by atomic mass is 10.1. The fourth-order valence-electron chi connectivity index (χ4n) is 3.88. The van der Waals surface area contributed by atoms with Gasteiger partial charge >= 0.3 is 0 Å². The quantitative estimate of drug-likeness (QED) is 0.465. The number of carbonyl (C=O) groups excluding carboxylic acids is 1. The van der Waals surface area contributed by atoms with Crippen LogP contribution in [0.5, 0.6) is 5.75 Å². The van der Waals surface area contributed by atoms with Gasteiger partial charge in [0.25, 0.3) is 5.91 Å². The molecule has 2 heterocycles. The summed E-state index contributed by atoms with van der Waals surface area (Å²) in [4.78, 5) is 15.0. The zero-order valence-electron chi connectivity index (χ0n) is 19.3. The Morgan fingerprint density at radius 2 is 2.12 bits per heavy atom. The maximum atomic E-state index is 13.6. The van der Waals surface area contributed by atoms with E-state index in [0.29, 0.717) is 35.9 Å². The number of hydrogen-bond donors (Lipinski definition) is 1. The van der Waals surface area contributed by atoms with Crippen LogP contribution < -0.4 is 10.1 Å². The number of amides is 1. The van der Waals surface area contributed by atoms with Crippen LogP contribution in [-0.4, -0.2) is 53.6 Å². The van der Waals surface area contributed by atoms with Crippen molar-refractivity contribution in [2.45, 2.75) is 19.8 Å². The van der Waals surface area contributed by atoms with Crippen molar-refractivity contribution < 1.29 is 18.7 Å². The maximum absolute atomic E-state index is 13.6. The number of hydrogen-bond acceptors (Lipinski definition) is 5. The largest absolute Gasteiger partial charge is 0.492 e. The number of aryl methyl sites for hydroxylation is 2. The van der Waals surface area contributed by atoms with Gasteiger partial charge in [-0.3, -0.25) is 14.4 Å². The van der Waals surface area contributed by atoms with Crippen molar-refractivity contribution in [3.63, 3.8) is 0 Å². The molecule has 0 radical (unpaired) electrons. The topological polar surface area (TPSA) is 68.6 Å². The van der Waals surface area contributed by atoms with E-state index in [1.165, 1.54) is 18.2 Å². The van der Waals surface area contributed by atoms with Gasteiger partial charge in [-0.1, -0.05) is 0 Å². The molecule has 1 amide bonds. The van der Waals surface area contributed by atoms with Gasteiger partial charge in [-0.2, -0.15) is 5.10 Å². The molecule has 0 spiro atoms. The SMILES string of the molecule is Cc1cc(C(=O)Nc2ccc(OCCN3CCCCOC3)c(-c3c(Br)cnn3C)c2)ccc1F. The van der Waals surface area contributed by atoms with E-state index in [0.717, 1.165) is 48.3 Å². The zero-order chi connectivity index (χ0) is 24.1.